The second-order valence-electron chi connectivity index (χ2n) is 3.78. The number of carbonyl (C=O) groups is 1. The number of nitrogens with two attached hydrogens (primary N) is 1. The molecule has 0 atom stereocenters. The number of likely N-dealkylation sites (N-methyl/N-ethyl adjacent to an activating group) is 1. The van der Waals surface area contributed by atoms with Gasteiger partial charge in [0, 0.05) is 12.1 Å². The molecular weight excluding hydrogens is 218 g/mol. The van der Waals surface area contributed by atoms with Gasteiger partial charge in [-0.3, -0.25) is 4.79 Å². The maximum atomic E-state index is 12.1. The quantitative estimate of drug-likeness (QED) is 0.356. The van der Waals surface area contributed by atoms with E-state index in [2.05, 4.69) is 5.16 Å². The minimum absolute atomic E-state index is 0.0207. The number of aryl methyl sites for hydroxylation is 1. The summed E-state index contributed by atoms with van der Waals surface area (Å²) < 4.78 is 0. The largest absolute Gasteiger partial charge is 0.409 e. The summed E-state index contributed by atoms with van der Waals surface area (Å²) in [5.41, 5.74) is 7.09. The van der Waals surface area contributed by atoms with E-state index in [4.69, 9.17) is 10.9 Å². The van der Waals surface area contributed by atoms with Crippen LogP contribution in [0.5, 0.6) is 0 Å². The number of oxime groups is 1. The molecule has 1 amide bonds. The summed E-state index contributed by atoms with van der Waals surface area (Å²) in [5, 5.41) is 11.4. The Hall–Kier alpha value is -2.04. The van der Waals surface area contributed by atoms with Crippen LogP contribution in [0.15, 0.2) is 29.4 Å². The second-order valence-corrected chi connectivity index (χ2v) is 3.78. The van der Waals surface area contributed by atoms with Crippen molar-refractivity contribution in [1.82, 2.24) is 4.90 Å². The summed E-state index contributed by atoms with van der Waals surface area (Å²) in [6.45, 7) is 4.43. The predicted octanol–water partition coefficient (Wildman–Crippen LogP) is 1.20. The highest BCUT2D eigenvalue weighted by Crippen LogP contribution is 2.07. The molecule has 0 unspecified atom stereocenters. The molecule has 92 valence electrons. The topological polar surface area (TPSA) is 78.9 Å². The van der Waals surface area contributed by atoms with Gasteiger partial charge in [0.05, 0.1) is 6.54 Å². The fourth-order valence-electron chi connectivity index (χ4n) is 1.43. The van der Waals surface area contributed by atoms with Crippen LogP contribution in [0.3, 0.4) is 0 Å². The maximum absolute atomic E-state index is 12.1. The lowest BCUT2D eigenvalue weighted by atomic mass is 10.1. The van der Waals surface area contributed by atoms with Gasteiger partial charge in [-0.05, 0) is 26.0 Å². The SMILES string of the molecule is CCN(CC(N)=NO)C(=O)c1ccc(C)cc1. The summed E-state index contributed by atoms with van der Waals surface area (Å²) in [5.74, 6) is -0.105. The number of amidine groups is 1. The highest BCUT2D eigenvalue weighted by Gasteiger charge is 2.14. The van der Waals surface area contributed by atoms with E-state index in [0.29, 0.717) is 12.1 Å². The number of nitrogens with zero attached hydrogens (tertiary/aromatic N) is 2. The van der Waals surface area contributed by atoms with Gasteiger partial charge in [0.1, 0.15) is 0 Å². The fourth-order valence-corrected chi connectivity index (χ4v) is 1.43. The van der Waals surface area contributed by atoms with Crippen LogP contribution in [-0.4, -0.2) is 34.9 Å². The molecule has 0 bridgehead atoms. The van der Waals surface area contributed by atoms with E-state index in [1.54, 1.807) is 12.1 Å². The van der Waals surface area contributed by atoms with Crippen molar-refractivity contribution in [2.24, 2.45) is 10.9 Å². The van der Waals surface area contributed by atoms with Crippen LogP contribution in [0.1, 0.15) is 22.8 Å². The lowest BCUT2D eigenvalue weighted by molar-refractivity contribution is 0.0786. The number of rotatable bonds is 4. The number of benzene rings is 1. The van der Waals surface area contributed by atoms with Crippen molar-refractivity contribution < 1.29 is 10.0 Å². The molecule has 0 saturated heterocycles. The molecule has 1 rings (SSSR count). The van der Waals surface area contributed by atoms with Crippen LogP contribution < -0.4 is 5.73 Å². The van der Waals surface area contributed by atoms with Gasteiger partial charge in [-0.2, -0.15) is 0 Å². The minimum Gasteiger partial charge on any atom is -0.409 e. The third-order valence-electron chi connectivity index (χ3n) is 2.45. The van der Waals surface area contributed by atoms with Crippen LogP contribution >= 0.6 is 0 Å². The van der Waals surface area contributed by atoms with Gasteiger partial charge >= 0.3 is 0 Å². The van der Waals surface area contributed by atoms with Crippen LogP contribution in [-0.2, 0) is 0 Å². The number of hydrogen-bond acceptors (Lipinski definition) is 3. The summed E-state index contributed by atoms with van der Waals surface area (Å²) in [6, 6.07) is 7.30. The summed E-state index contributed by atoms with van der Waals surface area (Å²) in [4.78, 5) is 13.6. The van der Waals surface area contributed by atoms with Crippen molar-refractivity contribution in [3.63, 3.8) is 0 Å². The standard InChI is InChI=1S/C12H17N3O2/c1-3-15(8-11(13)14-17)12(16)10-6-4-9(2)5-7-10/h4-7,17H,3,8H2,1-2H3,(H2,13,14). The minimum atomic E-state index is -0.126. The summed E-state index contributed by atoms with van der Waals surface area (Å²) in [7, 11) is 0. The first kappa shape index (κ1) is 13.0. The molecule has 3 N–H and O–H groups in total. The second kappa shape index (κ2) is 5.89. The average Bonchev–Trinajstić information content (AvgIpc) is 2.35. The Morgan fingerprint density at radius 3 is 2.47 bits per heavy atom. The Morgan fingerprint density at radius 2 is 2.00 bits per heavy atom. The monoisotopic (exact) mass is 235 g/mol. The van der Waals surface area contributed by atoms with Crippen molar-refractivity contribution in [3.05, 3.63) is 35.4 Å². The normalized spacial score (nSPS) is 11.3. The highest BCUT2D eigenvalue weighted by molar-refractivity contribution is 5.97. The van der Waals surface area contributed by atoms with Crippen molar-refractivity contribution in [2.75, 3.05) is 13.1 Å². The van der Waals surface area contributed by atoms with Gasteiger partial charge in [0.2, 0.25) is 0 Å². The molecule has 0 aliphatic rings. The van der Waals surface area contributed by atoms with Crippen LogP contribution in [0.25, 0.3) is 0 Å². The Bertz CT molecular complexity index is 412. The van der Waals surface area contributed by atoms with E-state index in [1.165, 1.54) is 4.90 Å². The number of hydrogen-bond donors (Lipinski definition) is 2. The molecule has 0 aliphatic heterocycles. The molecule has 17 heavy (non-hydrogen) atoms. The zero-order valence-electron chi connectivity index (χ0n) is 10.1. The van der Waals surface area contributed by atoms with Crippen molar-refractivity contribution in [1.29, 1.82) is 0 Å². The number of carbonyl (C=O) groups excluding carboxylic acids is 1. The summed E-state index contributed by atoms with van der Waals surface area (Å²) >= 11 is 0. The Labute approximate surface area is 101 Å². The smallest absolute Gasteiger partial charge is 0.254 e. The molecule has 0 spiro atoms. The highest BCUT2D eigenvalue weighted by atomic mass is 16.4. The molecular formula is C12H17N3O2. The third-order valence-corrected chi connectivity index (χ3v) is 2.45. The maximum Gasteiger partial charge on any atom is 0.254 e. The van der Waals surface area contributed by atoms with E-state index in [0.717, 1.165) is 5.56 Å². The Morgan fingerprint density at radius 1 is 1.41 bits per heavy atom. The molecule has 0 radical (unpaired) electrons. The van der Waals surface area contributed by atoms with E-state index in [-0.39, 0.29) is 18.3 Å². The first-order valence-corrected chi connectivity index (χ1v) is 5.40. The predicted molar refractivity (Wildman–Crippen MR) is 66.2 cm³/mol. The van der Waals surface area contributed by atoms with Crippen molar-refractivity contribution in [3.8, 4) is 0 Å². The molecule has 0 aromatic heterocycles. The summed E-state index contributed by atoms with van der Waals surface area (Å²) in [6.07, 6.45) is 0. The van der Waals surface area contributed by atoms with Gasteiger partial charge in [-0.1, -0.05) is 22.9 Å². The molecule has 0 aliphatic carbocycles. The van der Waals surface area contributed by atoms with Gasteiger partial charge in [0.15, 0.2) is 5.84 Å². The molecule has 0 fully saturated rings. The van der Waals surface area contributed by atoms with Crippen LogP contribution in [0.2, 0.25) is 0 Å². The first-order chi connectivity index (χ1) is 8.08. The van der Waals surface area contributed by atoms with Gasteiger partial charge in [0.25, 0.3) is 5.91 Å². The molecule has 0 heterocycles. The Kier molecular flexibility index (Phi) is 4.51. The van der Waals surface area contributed by atoms with Crippen LogP contribution in [0, 0.1) is 6.92 Å². The molecule has 5 nitrogen and oxygen atoms in total. The van der Waals surface area contributed by atoms with Gasteiger partial charge in [-0.25, -0.2) is 0 Å². The van der Waals surface area contributed by atoms with Gasteiger partial charge in [-0.15, -0.1) is 0 Å². The zero-order valence-corrected chi connectivity index (χ0v) is 10.1. The fraction of sp³-hybridized carbons (Fsp3) is 0.333. The van der Waals surface area contributed by atoms with Gasteiger partial charge < -0.3 is 15.8 Å². The zero-order chi connectivity index (χ0) is 12.8. The van der Waals surface area contributed by atoms with Crippen molar-refractivity contribution in [2.45, 2.75) is 13.8 Å². The average molecular weight is 235 g/mol. The van der Waals surface area contributed by atoms with Crippen molar-refractivity contribution >= 4 is 11.7 Å². The molecule has 1 aromatic rings. The van der Waals surface area contributed by atoms with E-state index < -0.39 is 0 Å². The molecule has 1 aromatic carbocycles. The van der Waals surface area contributed by atoms with E-state index in [9.17, 15) is 4.79 Å². The lowest BCUT2D eigenvalue weighted by Gasteiger charge is -2.20. The lowest BCUT2D eigenvalue weighted by Crippen LogP contribution is -2.38. The van der Waals surface area contributed by atoms with E-state index in [1.807, 2.05) is 26.0 Å². The first-order valence-electron chi connectivity index (χ1n) is 5.40. The van der Waals surface area contributed by atoms with E-state index >= 15 is 0 Å². The molecule has 5 heteroatoms. The third kappa shape index (κ3) is 3.48. The molecule has 0 saturated carbocycles. The number of amides is 1. The Balaban J connectivity index is 2.82. The van der Waals surface area contributed by atoms with Crippen LogP contribution in [0.4, 0.5) is 0 Å².